The third-order valence-corrected chi connectivity index (χ3v) is 1.82. The van der Waals surface area contributed by atoms with Crippen LogP contribution in [0, 0.1) is 0 Å². The zero-order valence-electron chi connectivity index (χ0n) is 6.12. The minimum absolute atomic E-state index is 0.0173. The van der Waals surface area contributed by atoms with E-state index in [9.17, 15) is 4.79 Å². The van der Waals surface area contributed by atoms with E-state index in [1.165, 1.54) is 0 Å². The number of hydrogen-bond acceptors (Lipinski definition) is 6. The van der Waals surface area contributed by atoms with E-state index in [0.717, 1.165) is 0 Å². The van der Waals surface area contributed by atoms with Gasteiger partial charge in [-0.3, -0.25) is 4.79 Å². The zero-order valence-corrected chi connectivity index (χ0v) is 6.12. The summed E-state index contributed by atoms with van der Waals surface area (Å²) in [5.41, 5.74) is 0. The molecule has 0 unspecified atom stereocenters. The molecule has 0 aliphatic carbocycles. The van der Waals surface area contributed by atoms with Crippen LogP contribution in [0.1, 0.15) is 0 Å². The smallest absolute Gasteiger partial charge is 0.253 e. The normalized spacial score (nSPS) is 47.8. The topological polar surface area (TPSA) is 107 Å². The molecule has 0 spiro atoms. The summed E-state index contributed by atoms with van der Waals surface area (Å²) in [5.74, 6) is -2.40. The highest BCUT2D eigenvalue weighted by molar-refractivity contribution is 5.61. The van der Waals surface area contributed by atoms with Gasteiger partial charge in [0.2, 0.25) is 0 Å². The lowest BCUT2D eigenvalue weighted by Gasteiger charge is -2.17. The molecule has 0 saturated carbocycles. The molecule has 1 heterocycles. The van der Waals surface area contributed by atoms with Gasteiger partial charge in [0.15, 0.2) is 6.29 Å². The highest BCUT2D eigenvalue weighted by atomic mass is 16.7. The Balaban J connectivity index is 2.79. The Morgan fingerprint density at radius 1 is 1.50 bits per heavy atom. The third-order valence-electron chi connectivity index (χ3n) is 1.82. The van der Waals surface area contributed by atoms with Gasteiger partial charge in [-0.25, -0.2) is 0 Å². The van der Waals surface area contributed by atoms with Crippen LogP contribution in [0.2, 0.25) is 0 Å². The first-order valence-corrected chi connectivity index (χ1v) is 3.38. The average Bonchev–Trinajstić information content (AvgIpc) is 2.31. The van der Waals surface area contributed by atoms with Gasteiger partial charge in [0.05, 0.1) is 6.61 Å². The molecule has 0 aromatic carbocycles. The minimum Gasteiger partial charge on any atom is -0.394 e. The highest BCUT2D eigenvalue weighted by Crippen LogP contribution is 2.26. The standard InChI is InChI=1S/C6H10O6/c7-1-3-4(9)5(10)6(11,2-8)12-3/h2-5,7,9-11H,1H2/t3-,4-,5-,6-/m1/s1. The molecule has 0 amide bonds. The van der Waals surface area contributed by atoms with Crippen molar-refractivity contribution < 1.29 is 30.0 Å². The molecule has 70 valence electrons. The molecule has 12 heavy (non-hydrogen) atoms. The molecular weight excluding hydrogens is 168 g/mol. The fourth-order valence-corrected chi connectivity index (χ4v) is 1.07. The van der Waals surface area contributed by atoms with E-state index < -0.39 is 30.7 Å². The Bertz CT molecular complexity index is 183. The molecule has 0 bridgehead atoms. The molecule has 0 radical (unpaired) electrons. The van der Waals surface area contributed by atoms with Crippen molar-refractivity contribution in [2.24, 2.45) is 0 Å². The summed E-state index contributed by atoms with van der Waals surface area (Å²) >= 11 is 0. The van der Waals surface area contributed by atoms with Crippen LogP contribution >= 0.6 is 0 Å². The Labute approximate surface area is 68.0 Å². The second kappa shape index (κ2) is 3.08. The predicted octanol–water partition coefficient (Wildman–Crippen LogP) is -3.01. The summed E-state index contributed by atoms with van der Waals surface area (Å²) in [7, 11) is 0. The number of aliphatic hydroxyl groups excluding tert-OH is 3. The Morgan fingerprint density at radius 2 is 2.08 bits per heavy atom. The first kappa shape index (κ1) is 9.56. The number of rotatable bonds is 2. The van der Waals surface area contributed by atoms with Crippen LogP contribution in [0.3, 0.4) is 0 Å². The van der Waals surface area contributed by atoms with Crippen LogP contribution in [-0.2, 0) is 9.53 Å². The monoisotopic (exact) mass is 178 g/mol. The van der Waals surface area contributed by atoms with Crippen LogP contribution in [0.25, 0.3) is 0 Å². The molecule has 1 rings (SSSR count). The van der Waals surface area contributed by atoms with E-state index in [1.54, 1.807) is 0 Å². The molecule has 0 aromatic heterocycles. The van der Waals surface area contributed by atoms with Crippen molar-refractivity contribution >= 4 is 6.29 Å². The molecule has 0 aromatic rings. The van der Waals surface area contributed by atoms with Gasteiger partial charge in [0.1, 0.15) is 18.3 Å². The van der Waals surface area contributed by atoms with Crippen molar-refractivity contribution in [2.45, 2.75) is 24.1 Å². The van der Waals surface area contributed by atoms with Crippen molar-refractivity contribution in [2.75, 3.05) is 6.61 Å². The maximum absolute atomic E-state index is 10.2. The van der Waals surface area contributed by atoms with E-state index in [4.69, 9.17) is 20.4 Å². The lowest BCUT2D eigenvalue weighted by molar-refractivity contribution is -0.213. The number of carbonyl (C=O) groups is 1. The molecular formula is C6H10O6. The summed E-state index contributed by atoms with van der Waals surface area (Å²) in [5, 5.41) is 35.8. The molecule has 1 aliphatic rings. The maximum Gasteiger partial charge on any atom is 0.253 e. The summed E-state index contributed by atoms with van der Waals surface area (Å²) in [6.45, 7) is -0.575. The van der Waals surface area contributed by atoms with Gasteiger partial charge in [-0.2, -0.15) is 0 Å². The summed E-state index contributed by atoms with van der Waals surface area (Å²) in [6.07, 6.45) is -4.32. The van der Waals surface area contributed by atoms with Gasteiger partial charge in [0, 0.05) is 0 Å². The largest absolute Gasteiger partial charge is 0.394 e. The zero-order chi connectivity index (χ0) is 9.35. The fraction of sp³-hybridized carbons (Fsp3) is 0.833. The Morgan fingerprint density at radius 3 is 2.33 bits per heavy atom. The van der Waals surface area contributed by atoms with Crippen molar-refractivity contribution in [3.8, 4) is 0 Å². The van der Waals surface area contributed by atoms with Gasteiger partial charge in [-0.1, -0.05) is 0 Å². The SMILES string of the molecule is O=C[C@@]1(O)O[C@H](CO)[C@@H](O)[C@H]1O. The van der Waals surface area contributed by atoms with E-state index in [0.29, 0.717) is 0 Å². The Kier molecular flexibility index (Phi) is 2.45. The summed E-state index contributed by atoms with van der Waals surface area (Å²) in [4.78, 5) is 10.2. The van der Waals surface area contributed by atoms with Gasteiger partial charge >= 0.3 is 0 Å². The van der Waals surface area contributed by atoms with Gasteiger partial charge in [-0.15, -0.1) is 0 Å². The van der Waals surface area contributed by atoms with Crippen LogP contribution in [-0.4, -0.2) is 57.4 Å². The number of ether oxygens (including phenoxy) is 1. The lowest BCUT2D eigenvalue weighted by atomic mass is 10.1. The highest BCUT2D eigenvalue weighted by Gasteiger charge is 2.53. The molecule has 1 aliphatic heterocycles. The van der Waals surface area contributed by atoms with E-state index in [-0.39, 0.29) is 6.29 Å². The molecule has 4 atom stereocenters. The second-order valence-corrected chi connectivity index (χ2v) is 2.64. The van der Waals surface area contributed by atoms with Crippen molar-refractivity contribution in [3.05, 3.63) is 0 Å². The first-order chi connectivity index (χ1) is 5.55. The predicted molar refractivity (Wildman–Crippen MR) is 35.0 cm³/mol. The molecule has 6 heteroatoms. The van der Waals surface area contributed by atoms with E-state index >= 15 is 0 Å². The number of aliphatic hydroxyl groups is 4. The van der Waals surface area contributed by atoms with E-state index in [1.807, 2.05) is 0 Å². The van der Waals surface area contributed by atoms with E-state index in [2.05, 4.69) is 4.74 Å². The number of aldehydes is 1. The maximum atomic E-state index is 10.2. The minimum atomic E-state index is -2.40. The number of hydrogen-bond donors (Lipinski definition) is 4. The van der Waals surface area contributed by atoms with Gasteiger partial charge in [0.25, 0.3) is 5.79 Å². The summed E-state index contributed by atoms with van der Waals surface area (Å²) < 4.78 is 4.51. The average molecular weight is 178 g/mol. The molecule has 1 fully saturated rings. The Hall–Kier alpha value is -0.530. The molecule has 4 N–H and O–H groups in total. The van der Waals surface area contributed by atoms with Crippen LogP contribution in [0.5, 0.6) is 0 Å². The number of carbonyl (C=O) groups excluding carboxylic acids is 1. The second-order valence-electron chi connectivity index (χ2n) is 2.64. The van der Waals surface area contributed by atoms with Crippen LogP contribution < -0.4 is 0 Å². The molecule has 1 saturated heterocycles. The van der Waals surface area contributed by atoms with Crippen LogP contribution in [0.4, 0.5) is 0 Å². The third kappa shape index (κ3) is 1.23. The van der Waals surface area contributed by atoms with Crippen molar-refractivity contribution in [1.82, 2.24) is 0 Å². The lowest BCUT2D eigenvalue weighted by Crippen LogP contribution is -2.44. The van der Waals surface area contributed by atoms with Gasteiger partial charge in [-0.05, 0) is 0 Å². The first-order valence-electron chi connectivity index (χ1n) is 3.38. The van der Waals surface area contributed by atoms with Gasteiger partial charge < -0.3 is 25.2 Å². The quantitative estimate of drug-likeness (QED) is 0.335. The van der Waals surface area contributed by atoms with Crippen molar-refractivity contribution in [3.63, 3.8) is 0 Å². The fourth-order valence-electron chi connectivity index (χ4n) is 1.07. The summed E-state index contributed by atoms with van der Waals surface area (Å²) in [6, 6.07) is 0. The van der Waals surface area contributed by atoms with Crippen LogP contribution in [0.15, 0.2) is 0 Å². The van der Waals surface area contributed by atoms with Crippen molar-refractivity contribution in [1.29, 1.82) is 0 Å². The molecule has 6 nitrogen and oxygen atoms in total.